The Morgan fingerprint density at radius 2 is 1.38 bits per heavy atom. The molecule has 0 aliphatic carbocycles. The summed E-state index contributed by atoms with van der Waals surface area (Å²) in [4.78, 5) is 12.9. The lowest BCUT2D eigenvalue weighted by atomic mass is 9.85. The fraction of sp³-hybridized carbons (Fsp3) is 0.136. The van der Waals surface area contributed by atoms with E-state index < -0.39 is 23.1 Å². The smallest absolute Gasteiger partial charge is 0.261 e. The Morgan fingerprint density at radius 1 is 0.897 bits per heavy atom. The van der Waals surface area contributed by atoms with E-state index in [4.69, 9.17) is 16.3 Å². The first-order chi connectivity index (χ1) is 13.9. The van der Waals surface area contributed by atoms with Crippen LogP contribution < -0.4 is 10.1 Å². The van der Waals surface area contributed by atoms with Crippen molar-refractivity contribution in [1.29, 1.82) is 0 Å². The van der Waals surface area contributed by atoms with Gasteiger partial charge in [0, 0.05) is 5.02 Å². The van der Waals surface area contributed by atoms with Crippen LogP contribution in [0.3, 0.4) is 0 Å². The van der Waals surface area contributed by atoms with Crippen LogP contribution in [0, 0.1) is 11.6 Å². The van der Waals surface area contributed by atoms with Crippen molar-refractivity contribution in [2.24, 2.45) is 0 Å². The second-order valence-corrected chi connectivity index (χ2v) is 6.72. The number of nitrogens with one attached hydrogen (secondary N) is 1. The van der Waals surface area contributed by atoms with Crippen molar-refractivity contribution in [3.05, 3.63) is 101 Å². The normalized spacial score (nSPS) is 11.2. The molecule has 0 heterocycles. The summed E-state index contributed by atoms with van der Waals surface area (Å²) in [6, 6.07) is 16.5. The zero-order valence-corrected chi connectivity index (χ0v) is 16.0. The first-order valence-electron chi connectivity index (χ1n) is 8.81. The van der Waals surface area contributed by atoms with E-state index in [0.717, 1.165) is 24.3 Å². The van der Waals surface area contributed by atoms with Gasteiger partial charge < -0.3 is 15.2 Å². The molecule has 4 nitrogen and oxygen atoms in total. The number of aliphatic hydroxyl groups is 1. The first kappa shape index (κ1) is 20.8. The molecule has 3 aromatic carbocycles. The van der Waals surface area contributed by atoms with Crippen LogP contribution in [0.4, 0.5) is 8.78 Å². The molecule has 29 heavy (non-hydrogen) atoms. The van der Waals surface area contributed by atoms with Gasteiger partial charge in [0.25, 0.3) is 5.91 Å². The summed E-state index contributed by atoms with van der Waals surface area (Å²) in [6.07, 6.45) is 0. The summed E-state index contributed by atoms with van der Waals surface area (Å²) in [6.45, 7) is 0.252. The highest BCUT2D eigenvalue weighted by Crippen LogP contribution is 2.30. The number of hydrogen-bond acceptors (Lipinski definition) is 3. The van der Waals surface area contributed by atoms with Crippen molar-refractivity contribution in [3.63, 3.8) is 0 Å². The topological polar surface area (TPSA) is 58.6 Å². The Kier molecular flexibility index (Phi) is 6.46. The van der Waals surface area contributed by atoms with Crippen LogP contribution in [0.15, 0.2) is 72.8 Å². The van der Waals surface area contributed by atoms with Crippen molar-refractivity contribution in [1.82, 2.24) is 5.32 Å². The monoisotopic (exact) mass is 417 g/mol. The van der Waals surface area contributed by atoms with E-state index in [0.29, 0.717) is 10.8 Å². The van der Waals surface area contributed by atoms with E-state index in [9.17, 15) is 18.7 Å². The number of carbonyl (C=O) groups is 1. The largest absolute Gasteiger partial charge is 0.492 e. The predicted octanol–water partition coefficient (Wildman–Crippen LogP) is 4.05. The van der Waals surface area contributed by atoms with Crippen LogP contribution in [-0.4, -0.2) is 24.2 Å². The van der Waals surface area contributed by atoms with E-state index in [1.165, 1.54) is 24.3 Å². The molecule has 0 unspecified atom stereocenters. The van der Waals surface area contributed by atoms with Gasteiger partial charge in [-0.25, -0.2) is 8.78 Å². The van der Waals surface area contributed by atoms with Crippen LogP contribution in [-0.2, 0) is 10.4 Å². The van der Waals surface area contributed by atoms with Crippen molar-refractivity contribution in [2.45, 2.75) is 5.60 Å². The lowest BCUT2D eigenvalue weighted by molar-refractivity contribution is -0.136. The summed E-state index contributed by atoms with van der Waals surface area (Å²) >= 11 is 5.81. The summed E-state index contributed by atoms with van der Waals surface area (Å²) < 4.78 is 32.1. The standard InChI is InChI=1S/C22H18ClF2NO3/c23-17-5-11-20(12-6-17)29-14-13-26-21(27)22(28,15-1-7-18(24)8-2-15)16-3-9-19(25)10-4-16/h1-12,28H,13-14H2,(H,26,27). The van der Waals surface area contributed by atoms with Gasteiger partial charge in [0.05, 0.1) is 6.54 Å². The van der Waals surface area contributed by atoms with E-state index in [1.807, 2.05) is 0 Å². The summed E-state index contributed by atoms with van der Waals surface area (Å²) in [5, 5.41) is 14.4. The molecule has 3 aromatic rings. The highest BCUT2D eigenvalue weighted by molar-refractivity contribution is 6.30. The van der Waals surface area contributed by atoms with Crippen LogP contribution in [0.1, 0.15) is 11.1 Å². The van der Waals surface area contributed by atoms with Gasteiger partial charge in [0.15, 0.2) is 5.60 Å². The molecule has 0 atom stereocenters. The molecular formula is C22H18ClF2NO3. The maximum atomic E-state index is 13.3. The molecule has 7 heteroatoms. The third-order valence-electron chi connectivity index (χ3n) is 4.32. The Bertz CT molecular complexity index is 915. The van der Waals surface area contributed by atoms with Crippen LogP contribution in [0.2, 0.25) is 5.02 Å². The average Bonchev–Trinajstić information content (AvgIpc) is 2.73. The lowest BCUT2D eigenvalue weighted by Crippen LogP contribution is -2.46. The summed E-state index contributed by atoms with van der Waals surface area (Å²) in [5.41, 5.74) is -1.81. The Labute approximate surface area is 171 Å². The number of halogens is 3. The second kappa shape index (κ2) is 9.03. The van der Waals surface area contributed by atoms with Gasteiger partial charge in [0.1, 0.15) is 24.0 Å². The Balaban J connectivity index is 1.74. The third-order valence-corrected chi connectivity index (χ3v) is 4.57. The molecule has 150 valence electrons. The third kappa shape index (κ3) is 4.91. The van der Waals surface area contributed by atoms with Crippen LogP contribution in [0.25, 0.3) is 0 Å². The van der Waals surface area contributed by atoms with Gasteiger partial charge in [-0.05, 0) is 59.7 Å². The first-order valence-corrected chi connectivity index (χ1v) is 9.18. The van der Waals surface area contributed by atoms with Gasteiger partial charge >= 0.3 is 0 Å². The van der Waals surface area contributed by atoms with E-state index >= 15 is 0 Å². The van der Waals surface area contributed by atoms with Crippen molar-refractivity contribution in [3.8, 4) is 5.75 Å². The molecule has 0 radical (unpaired) electrons. The minimum Gasteiger partial charge on any atom is -0.492 e. The minimum atomic E-state index is -2.12. The predicted molar refractivity (Wildman–Crippen MR) is 106 cm³/mol. The fourth-order valence-corrected chi connectivity index (χ4v) is 2.93. The molecule has 0 aliphatic rings. The molecule has 1 amide bonds. The maximum absolute atomic E-state index is 13.3. The SMILES string of the molecule is O=C(NCCOc1ccc(Cl)cc1)C(O)(c1ccc(F)cc1)c1ccc(F)cc1. The van der Waals surface area contributed by atoms with Gasteiger partial charge in [-0.1, -0.05) is 35.9 Å². The second-order valence-electron chi connectivity index (χ2n) is 6.28. The van der Waals surface area contributed by atoms with E-state index in [2.05, 4.69) is 5.32 Å². The molecule has 2 N–H and O–H groups in total. The van der Waals surface area contributed by atoms with Crippen LogP contribution in [0.5, 0.6) is 5.75 Å². The van der Waals surface area contributed by atoms with E-state index in [1.54, 1.807) is 24.3 Å². The van der Waals surface area contributed by atoms with Gasteiger partial charge in [-0.2, -0.15) is 0 Å². The average molecular weight is 418 g/mol. The number of amides is 1. The summed E-state index contributed by atoms with van der Waals surface area (Å²) in [7, 11) is 0. The maximum Gasteiger partial charge on any atom is 0.261 e. The highest BCUT2D eigenvalue weighted by Gasteiger charge is 2.39. The van der Waals surface area contributed by atoms with Gasteiger partial charge in [0.2, 0.25) is 0 Å². The molecule has 0 aliphatic heterocycles. The molecule has 0 aromatic heterocycles. The molecule has 0 spiro atoms. The number of hydrogen-bond donors (Lipinski definition) is 2. The van der Waals surface area contributed by atoms with Crippen molar-refractivity contribution >= 4 is 17.5 Å². The van der Waals surface area contributed by atoms with E-state index in [-0.39, 0.29) is 24.3 Å². The molecule has 0 bridgehead atoms. The zero-order valence-electron chi connectivity index (χ0n) is 15.2. The number of carbonyl (C=O) groups excluding carboxylic acids is 1. The lowest BCUT2D eigenvalue weighted by Gasteiger charge is -2.28. The highest BCUT2D eigenvalue weighted by atomic mass is 35.5. The van der Waals surface area contributed by atoms with Crippen molar-refractivity contribution in [2.75, 3.05) is 13.2 Å². The number of ether oxygens (including phenoxy) is 1. The van der Waals surface area contributed by atoms with Gasteiger partial charge in [-0.15, -0.1) is 0 Å². The molecule has 0 saturated heterocycles. The Hall–Kier alpha value is -2.96. The summed E-state index contributed by atoms with van der Waals surface area (Å²) in [5.74, 6) is -1.18. The zero-order chi connectivity index (χ0) is 20.9. The van der Waals surface area contributed by atoms with Crippen LogP contribution >= 0.6 is 11.6 Å². The molecule has 0 fully saturated rings. The number of benzene rings is 3. The molecule has 0 saturated carbocycles. The minimum absolute atomic E-state index is 0.103. The molecule has 3 rings (SSSR count). The number of rotatable bonds is 7. The fourth-order valence-electron chi connectivity index (χ4n) is 2.80. The quantitative estimate of drug-likeness (QED) is 0.570. The van der Waals surface area contributed by atoms with Gasteiger partial charge in [-0.3, -0.25) is 4.79 Å². The Morgan fingerprint density at radius 3 is 1.86 bits per heavy atom. The molecular weight excluding hydrogens is 400 g/mol. The van der Waals surface area contributed by atoms with Crippen molar-refractivity contribution < 1.29 is 23.4 Å².